The molecule has 0 aromatic heterocycles. The minimum atomic E-state index is 0.288. The Kier molecular flexibility index (Phi) is 3.13. The van der Waals surface area contributed by atoms with E-state index in [1.807, 2.05) is 18.2 Å². The van der Waals surface area contributed by atoms with E-state index in [-0.39, 0.29) is 5.92 Å². The van der Waals surface area contributed by atoms with Crippen molar-refractivity contribution in [2.24, 2.45) is 5.92 Å². The summed E-state index contributed by atoms with van der Waals surface area (Å²) in [6.45, 7) is 0. The monoisotopic (exact) mass is 220 g/mol. The lowest BCUT2D eigenvalue weighted by atomic mass is 10.0. The van der Waals surface area contributed by atoms with Gasteiger partial charge in [0.25, 0.3) is 0 Å². The van der Waals surface area contributed by atoms with Gasteiger partial charge in [-0.05, 0) is 31.0 Å². The maximum Gasteiger partial charge on any atom is 0.140 e. The largest absolute Gasteiger partial charge is 0.497 e. The zero-order valence-electron chi connectivity index (χ0n) is 9.66. The van der Waals surface area contributed by atoms with Crippen molar-refractivity contribution in [1.82, 2.24) is 0 Å². The van der Waals surface area contributed by atoms with Gasteiger partial charge in [0.05, 0.1) is 14.2 Å². The number of ether oxygens (including phenoxy) is 2. The van der Waals surface area contributed by atoms with Crippen LogP contribution in [0.15, 0.2) is 18.2 Å². The van der Waals surface area contributed by atoms with Crippen LogP contribution < -0.4 is 9.47 Å². The number of benzene rings is 1. The summed E-state index contributed by atoms with van der Waals surface area (Å²) >= 11 is 0. The van der Waals surface area contributed by atoms with E-state index in [9.17, 15) is 4.79 Å². The van der Waals surface area contributed by atoms with E-state index in [0.717, 1.165) is 29.9 Å². The average Bonchev–Trinajstić information content (AvgIpc) is 3.12. The number of carbonyl (C=O) groups is 1. The molecule has 1 aromatic carbocycles. The third-order valence-electron chi connectivity index (χ3n) is 2.88. The predicted molar refractivity (Wildman–Crippen MR) is 61.0 cm³/mol. The summed E-state index contributed by atoms with van der Waals surface area (Å²) in [5.41, 5.74) is 0.916. The standard InChI is InChI=1S/C13H16O3/c1-15-11-5-6-13(16-2)10(7-11)8-12(14)9-3-4-9/h5-7,9H,3-4,8H2,1-2H3. The van der Waals surface area contributed by atoms with Gasteiger partial charge in [-0.15, -0.1) is 0 Å². The average molecular weight is 220 g/mol. The molecule has 1 saturated carbocycles. The Morgan fingerprint density at radius 2 is 2.06 bits per heavy atom. The summed E-state index contributed by atoms with van der Waals surface area (Å²) < 4.78 is 10.4. The van der Waals surface area contributed by atoms with Gasteiger partial charge in [-0.3, -0.25) is 4.79 Å². The van der Waals surface area contributed by atoms with Crippen LogP contribution in [-0.4, -0.2) is 20.0 Å². The first kappa shape index (κ1) is 11.0. The second-order valence-corrected chi connectivity index (χ2v) is 4.10. The van der Waals surface area contributed by atoms with Crippen molar-refractivity contribution in [3.05, 3.63) is 23.8 Å². The third-order valence-corrected chi connectivity index (χ3v) is 2.88. The Hall–Kier alpha value is -1.51. The molecule has 0 aliphatic heterocycles. The molecular weight excluding hydrogens is 204 g/mol. The highest BCUT2D eigenvalue weighted by atomic mass is 16.5. The summed E-state index contributed by atoms with van der Waals surface area (Å²) in [6.07, 6.45) is 2.54. The molecule has 1 fully saturated rings. The van der Waals surface area contributed by atoms with E-state index >= 15 is 0 Å². The molecule has 1 aliphatic carbocycles. The smallest absolute Gasteiger partial charge is 0.140 e. The molecule has 0 atom stereocenters. The highest BCUT2D eigenvalue weighted by molar-refractivity contribution is 5.85. The molecule has 2 rings (SSSR count). The molecule has 0 bridgehead atoms. The lowest BCUT2D eigenvalue weighted by molar-refractivity contribution is -0.119. The minimum absolute atomic E-state index is 0.288. The quantitative estimate of drug-likeness (QED) is 0.763. The number of rotatable bonds is 5. The highest BCUT2D eigenvalue weighted by Crippen LogP contribution is 2.33. The van der Waals surface area contributed by atoms with E-state index < -0.39 is 0 Å². The molecule has 0 spiro atoms. The van der Waals surface area contributed by atoms with Gasteiger partial charge in [0.15, 0.2) is 0 Å². The second kappa shape index (κ2) is 4.56. The molecule has 16 heavy (non-hydrogen) atoms. The molecule has 0 unspecified atom stereocenters. The van der Waals surface area contributed by atoms with Gasteiger partial charge < -0.3 is 9.47 Å². The molecule has 0 N–H and O–H groups in total. The van der Waals surface area contributed by atoms with Crippen molar-refractivity contribution >= 4 is 5.78 Å². The van der Waals surface area contributed by atoms with Crippen LogP contribution in [0.4, 0.5) is 0 Å². The van der Waals surface area contributed by atoms with Crippen LogP contribution in [0.25, 0.3) is 0 Å². The summed E-state index contributed by atoms with van der Waals surface area (Å²) in [5, 5.41) is 0. The van der Waals surface area contributed by atoms with E-state index in [2.05, 4.69) is 0 Å². The van der Waals surface area contributed by atoms with Gasteiger partial charge in [-0.2, -0.15) is 0 Å². The van der Waals surface area contributed by atoms with Crippen LogP contribution in [-0.2, 0) is 11.2 Å². The van der Waals surface area contributed by atoms with Gasteiger partial charge in [-0.1, -0.05) is 0 Å². The maximum atomic E-state index is 11.7. The normalized spacial score (nSPS) is 14.6. The van der Waals surface area contributed by atoms with Crippen LogP contribution in [0.3, 0.4) is 0 Å². The summed E-state index contributed by atoms with van der Waals surface area (Å²) in [5.74, 6) is 2.12. The van der Waals surface area contributed by atoms with Crippen molar-refractivity contribution in [2.75, 3.05) is 14.2 Å². The summed E-state index contributed by atoms with van der Waals surface area (Å²) in [4.78, 5) is 11.7. The van der Waals surface area contributed by atoms with Crippen LogP contribution in [0.5, 0.6) is 11.5 Å². The Labute approximate surface area is 95.4 Å². The van der Waals surface area contributed by atoms with Crippen LogP contribution in [0.1, 0.15) is 18.4 Å². The Morgan fingerprint density at radius 3 is 2.62 bits per heavy atom. The van der Waals surface area contributed by atoms with Gasteiger partial charge in [-0.25, -0.2) is 0 Å². The molecule has 1 aliphatic rings. The van der Waals surface area contributed by atoms with Gasteiger partial charge >= 0.3 is 0 Å². The molecule has 0 amide bonds. The molecule has 0 radical (unpaired) electrons. The van der Waals surface area contributed by atoms with E-state index in [4.69, 9.17) is 9.47 Å². The van der Waals surface area contributed by atoms with E-state index in [1.165, 1.54) is 0 Å². The Balaban J connectivity index is 2.18. The Morgan fingerprint density at radius 1 is 1.31 bits per heavy atom. The molecule has 0 heterocycles. The minimum Gasteiger partial charge on any atom is -0.497 e. The number of carbonyl (C=O) groups excluding carboxylic acids is 1. The molecule has 3 heteroatoms. The second-order valence-electron chi connectivity index (χ2n) is 4.10. The number of ketones is 1. The van der Waals surface area contributed by atoms with Crippen molar-refractivity contribution in [3.8, 4) is 11.5 Å². The van der Waals surface area contributed by atoms with Crippen molar-refractivity contribution in [3.63, 3.8) is 0 Å². The molecule has 0 saturated heterocycles. The summed E-state index contributed by atoms with van der Waals surface area (Å²) in [6, 6.07) is 5.55. The van der Waals surface area contributed by atoms with Crippen molar-refractivity contribution in [1.29, 1.82) is 0 Å². The van der Waals surface area contributed by atoms with Gasteiger partial charge in [0, 0.05) is 17.9 Å². The zero-order chi connectivity index (χ0) is 11.5. The molecule has 1 aromatic rings. The van der Waals surface area contributed by atoms with E-state index in [0.29, 0.717) is 12.2 Å². The lowest BCUT2D eigenvalue weighted by Crippen LogP contribution is -2.06. The first-order chi connectivity index (χ1) is 7.74. The molecule has 86 valence electrons. The summed E-state index contributed by atoms with van der Waals surface area (Å²) in [7, 11) is 3.24. The van der Waals surface area contributed by atoms with Gasteiger partial charge in [0.2, 0.25) is 0 Å². The zero-order valence-corrected chi connectivity index (χ0v) is 9.66. The van der Waals surface area contributed by atoms with E-state index in [1.54, 1.807) is 14.2 Å². The first-order valence-electron chi connectivity index (χ1n) is 5.48. The number of hydrogen-bond donors (Lipinski definition) is 0. The first-order valence-corrected chi connectivity index (χ1v) is 5.48. The fraction of sp³-hybridized carbons (Fsp3) is 0.462. The van der Waals surface area contributed by atoms with Crippen molar-refractivity contribution < 1.29 is 14.3 Å². The van der Waals surface area contributed by atoms with Gasteiger partial charge in [0.1, 0.15) is 17.3 Å². The number of Topliss-reactive ketones (excluding diaryl/α,β-unsaturated/α-hetero) is 1. The van der Waals surface area contributed by atoms with Crippen LogP contribution >= 0.6 is 0 Å². The van der Waals surface area contributed by atoms with Crippen molar-refractivity contribution in [2.45, 2.75) is 19.3 Å². The SMILES string of the molecule is COc1ccc(OC)c(CC(=O)C2CC2)c1. The molecule has 3 nitrogen and oxygen atoms in total. The predicted octanol–water partition coefficient (Wildman–Crippen LogP) is 2.23. The van der Waals surface area contributed by atoms with Crippen LogP contribution in [0, 0.1) is 5.92 Å². The fourth-order valence-corrected chi connectivity index (χ4v) is 1.76. The van der Waals surface area contributed by atoms with Crippen LogP contribution in [0.2, 0.25) is 0 Å². The number of methoxy groups -OCH3 is 2. The highest BCUT2D eigenvalue weighted by Gasteiger charge is 2.29. The fourth-order valence-electron chi connectivity index (χ4n) is 1.76. The topological polar surface area (TPSA) is 35.5 Å². The Bertz CT molecular complexity index is 394. The maximum absolute atomic E-state index is 11.7. The number of hydrogen-bond acceptors (Lipinski definition) is 3. The molecular formula is C13H16O3. The lowest BCUT2D eigenvalue weighted by Gasteiger charge is -2.09. The third kappa shape index (κ3) is 2.35.